The lowest BCUT2D eigenvalue weighted by Crippen LogP contribution is -2.13. The fourth-order valence-electron chi connectivity index (χ4n) is 2.22. The largest absolute Gasteiger partial charge is 0.457 e. The third-order valence-electron chi connectivity index (χ3n) is 3.51. The highest BCUT2D eigenvalue weighted by Gasteiger charge is 2.11. The van der Waals surface area contributed by atoms with Gasteiger partial charge >= 0.3 is 0 Å². The minimum absolute atomic E-state index is 0.0275. The van der Waals surface area contributed by atoms with Crippen molar-refractivity contribution in [2.24, 2.45) is 0 Å². The Morgan fingerprint density at radius 1 is 1.08 bits per heavy atom. The van der Waals surface area contributed by atoms with Crippen LogP contribution in [0.4, 0.5) is 5.69 Å². The second-order valence-electron chi connectivity index (χ2n) is 5.34. The highest BCUT2D eigenvalue weighted by molar-refractivity contribution is 14.1. The van der Waals surface area contributed by atoms with E-state index in [2.05, 4.69) is 43.8 Å². The molecule has 0 aliphatic heterocycles. The number of hydrogen-bond acceptors (Lipinski definition) is 3. The van der Waals surface area contributed by atoms with Crippen molar-refractivity contribution in [2.45, 2.75) is 0 Å². The Morgan fingerprint density at radius 3 is 2.42 bits per heavy atom. The van der Waals surface area contributed by atoms with Crippen LogP contribution >= 0.6 is 38.5 Å². The molecule has 0 unspecified atom stereocenters. The number of carbonyl (C=O) groups is 1. The minimum Gasteiger partial charge on any atom is -0.457 e. The van der Waals surface area contributed by atoms with E-state index in [1.165, 1.54) is 6.08 Å². The molecule has 0 radical (unpaired) electrons. The first-order chi connectivity index (χ1) is 12.5. The van der Waals surface area contributed by atoms with E-state index in [4.69, 9.17) is 4.42 Å². The molecular formula is C20H12BrIN2O2. The molecule has 2 aromatic carbocycles. The van der Waals surface area contributed by atoms with Crippen LogP contribution in [0.3, 0.4) is 0 Å². The smallest absolute Gasteiger partial charge is 0.266 e. The van der Waals surface area contributed by atoms with Crippen molar-refractivity contribution in [2.75, 3.05) is 5.32 Å². The molecule has 0 aliphatic rings. The van der Waals surface area contributed by atoms with E-state index in [1.807, 2.05) is 42.5 Å². The molecule has 0 atom stereocenters. The van der Waals surface area contributed by atoms with Gasteiger partial charge in [-0.1, -0.05) is 28.1 Å². The predicted octanol–water partition coefficient (Wildman–Crippen LogP) is 5.86. The molecule has 128 valence electrons. The van der Waals surface area contributed by atoms with Crippen molar-refractivity contribution in [3.05, 3.63) is 80.0 Å². The van der Waals surface area contributed by atoms with Crippen molar-refractivity contribution >= 4 is 56.2 Å². The van der Waals surface area contributed by atoms with Crippen molar-refractivity contribution in [3.63, 3.8) is 0 Å². The number of hydrogen-bond donors (Lipinski definition) is 1. The van der Waals surface area contributed by atoms with Gasteiger partial charge in [0.1, 0.15) is 23.2 Å². The van der Waals surface area contributed by atoms with Crippen molar-refractivity contribution in [3.8, 4) is 17.4 Å². The first-order valence-corrected chi connectivity index (χ1v) is 9.47. The van der Waals surface area contributed by atoms with E-state index < -0.39 is 5.91 Å². The molecule has 0 saturated carbocycles. The summed E-state index contributed by atoms with van der Waals surface area (Å²) in [5, 5.41) is 12.0. The molecule has 1 N–H and O–H groups in total. The molecular weight excluding hydrogens is 507 g/mol. The SMILES string of the molecule is N#C/C(=C/c1ccc(-c2ccc(Br)cc2)o1)C(=O)Nc1ccc(I)cc1. The number of nitriles is 1. The number of anilines is 1. The number of halogens is 2. The van der Waals surface area contributed by atoms with Gasteiger partial charge in [0.15, 0.2) is 0 Å². The van der Waals surface area contributed by atoms with Gasteiger partial charge in [0.25, 0.3) is 5.91 Å². The van der Waals surface area contributed by atoms with Crippen LogP contribution in [0.2, 0.25) is 0 Å². The van der Waals surface area contributed by atoms with Gasteiger partial charge in [-0.2, -0.15) is 5.26 Å². The molecule has 3 aromatic rings. The first-order valence-electron chi connectivity index (χ1n) is 7.59. The lowest BCUT2D eigenvalue weighted by molar-refractivity contribution is -0.112. The monoisotopic (exact) mass is 518 g/mol. The van der Waals surface area contributed by atoms with E-state index in [0.717, 1.165) is 13.6 Å². The summed E-state index contributed by atoms with van der Waals surface area (Å²) in [7, 11) is 0. The van der Waals surface area contributed by atoms with Crippen LogP contribution in [-0.2, 0) is 4.79 Å². The number of nitrogens with one attached hydrogen (secondary N) is 1. The van der Waals surface area contributed by atoms with Crippen molar-refractivity contribution < 1.29 is 9.21 Å². The zero-order valence-corrected chi connectivity index (χ0v) is 17.1. The Morgan fingerprint density at radius 2 is 1.77 bits per heavy atom. The highest BCUT2D eigenvalue weighted by atomic mass is 127. The summed E-state index contributed by atoms with van der Waals surface area (Å²) < 4.78 is 7.78. The molecule has 26 heavy (non-hydrogen) atoms. The van der Waals surface area contributed by atoms with E-state index in [0.29, 0.717) is 17.2 Å². The minimum atomic E-state index is -0.477. The maximum absolute atomic E-state index is 12.3. The average Bonchev–Trinajstić information content (AvgIpc) is 3.11. The molecule has 0 aliphatic carbocycles. The molecule has 6 heteroatoms. The molecule has 1 amide bonds. The summed E-state index contributed by atoms with van der Waals surface area (Å²) in [6, 6.07) is 20.5. The van der Waals surface area contributed by atoms with Gasteiger partial charge in [0.2, 0.25) is 0 Å². The van der Waals surface area contributed by atoms with E-state index in [-0.39, 0.29) is 5.57 Å². The molecule has 1 heterocycles. The quantitative estimate of drug-likeness (QED) is 0.267. The maximum Gasteiger partial charge on any atom is 0.266 e. The van der Waals surface area contributed by atoms with E-state index >= 15 is 0 Å². The van der Waals surface area contributed by atoms with Crippen LogP contribution in [0.1, 0.15) is 5.76 Å². The van der Waals surface area contributed by atoms with Gasteiger partial charge in [-0.05, 0) is 71.1 Å². The number of furan rings is 1. The average molecular weight is 519 g/mol. The number of rotatable bonds is 4. The molecule has 4 nitrogen and oxygen atoms in total. The fourth-order valence-corrected chi connectivity index (χ4v) is 2.85. The van der Waals surface area contributed by atoms with E-state index in [9.17, 15) is 10.1 Å². The topological polar surface area (TPSA) is 66.0 Å². The van der Waals surface area contributed by atoms with Gasteiger partial charge < -0.3 is 9.73 Å². The Hall–Kier alpha value is -2.37. The summed E-state index contributed by atoms with van der Waals surface area (Å²) in [5.74, 6) is 0.631. The third-order valence-corrected chi connectivity index (χ3v) is 4.76. The molecule has 3 rings (SSSR count). The Balaban J connectivity index is 1.78. The van der Waals surface area contributed by atoms with Gasteiger partial charge in [0, 0.05) is 25.4 Å². The third kappa shape index (κ3) is 4.62. The van der Waals surface area contributed by atoms with Crippen LogP contribution < -0.4 is 5.32 Å². The molecule has 0 saturated heterocycles. The van der Waals surface area contributed by atoms with Gasteiger partial charge in [-0.15, -0.1) is 0 Å². The van der Waals surface area contributed by atoms with Gasteiger partial charge in [-0.3, -0.25) is 4.79 Å². The zero-order valence-electron chi connectivity index (χ0n) is 13.4. The fraction of sp³-hybridized carbons (Fsp3) is 0. The number of benzene rings is 2. The second-order valence-corrected chi connectivity index (χ2v) is 7.50. The number of amides is 1. The predicted molar refractivity (Wildman–Crippen MR) is 113 cm³/mol. The standard InChI is InChI=1S/C20H12BrIN2O2/c21-15-3-1-13(2-4-15)19-10-9-18(26-19)11-14(12-23)20(25)24-17-7-5-16(22)6-8-17/h1-11H,(H,24,25)/b14-11-. The van der Waals surface area contributed by atoms with Gasteiger partial charge in [-0.25, -0.2) is 0 Å². The summed E-state index contributed by atoms with van der Waals surface area (Å²) in [4.78, 5) is 12.3. The normalized spacial score (nSPS) is 11.0. The first kappa shape index (κ1) is 18.4. The highest BCUT2D eigenvalue weighted by Crippen LogP contribution is 2.25. The zero-order chi connectivity index (χ0) is 18.5. The second kappa shape index (κ2) is 8.34. The van der Waals surface area contributed by atoms with Crippen LogP contribution in [-0.4, -0.2) is 5.91 Å². The lowest BCUT2D eigenvalue weighted by atomic mass is 10.2. The number of nitrogens with zero attached hydrogens (tertiary/aromatic N) is 1. The van der Waals surface area contributed by atoms with Crippen molar-refractivity contribution in [1.82, 2.24) is 0 Å². The van der Waals surface area contributed by atoms with E-state index in [1.54, 1.807) is 24.3 Å². The summed E-state index contributed by atoms with van der Waals surface area (Å²) >= 11 is 5.57. The molecule has 0 bridgehead atoms. The Bertz CT molecular complexity index is 1000. The van der Waals surface area contributed by atoms with Crippen LogP contribution in [0.25, 0.3) is 17.4 Å². The van der Waals surface area contributed by atoms with Crippen molar-refractivity contribution in [1.29, 1.82) is 5.26 Å². The van der Waals surface area contributed by atoms with Crippen LogP contribution in [0.15, 0.2) is 75.1 Å². The molecule has 0 spiro atoms. The maximum atomic E-state index is 12.3. The lowest BCUT2D eigenvalue weighted by Gasteiger charge is -2.03. The van der Waals surface area contributed by atoms with Crippen LogP contribution in [0, 0.1) is 14.9 Å². The Labute approximate surface area is 172 Å². The summed E-state index contributed by atoms with van der Waals surface area (Å²) in [5.41, 5.74) is 1.52. The summed E-state index contributed by atoms with van der Waals surface area (Å²) in [6.45, 7) is 0. The number of carbonyl (C=O) groups excluding carboxylic acids is 1. The van der Waals surface area contributed by atoms with Crippen LogP contribution in [0.5, 0.6) is 0 Å². The molecule has 0 fully saturated rings. The Kier molecular flexibility index (Phi) is 5.91. The molecule has 1 aromatic heterocycles. The van der Waals surface area contributed by atoms with Gasteiger partial charge in [0.05, 0.1) is 0 Å². The summed E-state index contributed by atoms with van der Waals surface area (Å²) in [6.07, 6.45) is 1.43.